The van der Waals surface area contributed by atoms with Crippen molar-refractivity contribution in [1.82, 2.24) is 9.80 Å². The molecule has 3 N–H and O–H groups in total. The van der Waals surface area contributed by atoms with Crippen LogP contribution in [0.2, 0.25) is 10.0 Å². The summed E-state index contributed by atoms with van der Waals surface area (Å²) in [5.74, 6) is 0.0265. The van der Waals surface area contributed by atoms with Gasteiger partial charge < -0.3 is 15.8 Å². The summed E-state index contributed by atoms with van der Waals surface area (Å²) in [7, 11) is 0. The minimum Gasteiger partial charge on any atom is -0.409 e. The molecular weight excluding hydrogens is 315 g/mol. The molecule has 0 aromatic heterocycles. The van der Waals surface area contributed by atoms with Gasteiger partial charge in [-0.2, -0.15) is 0 Å². The van der Waals surface area contributed by atoms with Gasteiger partial charge in [-0.25, -0.2) is 0 Å². The van der Waals surface area contributed by atoms with E-state index >= 15 is 0 Å². The monoisotopic (exact) mass is 330 g/mol. The van der Waals surface area contributed by atoms with Gasteiger partial charge in [0.05, 0.1) is 22.2 Å². The lowest BCUT2D eigenvalue weighted by molar-refractivity contribution is 0.0653. The zero-order chi connectivity index (χ0) is 15.4. The molecule has 21 heavy (non-hydrogen) atoms. The fourth-order valence-corrected chi connectivity index (χ4v) is 2.59. The molecule has 1 saturated heterocycles. The Morgan fingerprint density at radius 3 is 2.57 bits per heavy atom. The van der Waals surface area contributed by atoms with Gasteiger partial charge in [0.1, 0.15) is 0 Å². The molecule has 1 amide bonds. The largest absolute Gasteiger partial charge is 0.409 e. The van der Waals surface area contributed by atoms with Crippen molar-refractivity contribution in [3.8, 4) is 0 Å². The normalized spacial score (nSPS) is 17.0. The van der Waals surface area contributed by atoms with Crippen molar-refractivity contribution in [2.24, 2.45) is 10.9 Å². The lowest BCUT2D eigenvalue weighted by atomic mass is 10.1. The predicted molar refractivity (Wildman–Crippen MR) is 82.2 cm³/mol. The highest BCUT2D eigenvalue weighted by Gasteiger charge is 2.24. The Bertz CT molecular complexity index is 557. The second-order valence-corrected chi connectivity index (χ2v) is 5.55. The van der Waals surface area contributed by atoms with Crippen LogP contribution in [0, 0.1) is 0 Å². The highest BCUT2D eigenvalue weighted by Crippen LogP contribution is 2.26. The Labute approximate surface area is 132 Å². The van der Waals surface area contributed by atoms with Crippen LogP contribution in [0.5, 0.6) is 0 Å². The van der Waals surface area contributed by atoms with E-state index < -0.39 is 0 Å². The first-order valence-corrected chi connectivity index (χ1v) is 7.20. The molecule has 1 aliphatic heterocycles. The van der Waals surface area contributed by atoms with Crippen molar-refractivity contribution in [1.29, 1.82) is 0 Å². The molecule has 1 aliphatic rings. The smallest absolute Gasteiger partial charge is 0.255 e. The second kappa shape index (κ2) is 6.98. The van der Waals surface area contributed by atoms with E-state index in [1.165, 1.54) is 0 Å². The van der Waals surface area contributed by atoms with E-state index in [2.05, 4.69) is 5.16 Å². The fourth-order valence-electron chi connectivity index (χ4n) is 2.21. The van der Waals surface area contributed by atoms with Gasteiger partial charge in [0.25, 0.3) is 5.91 Å². The number of carbonyl (C=O) groups is 1. The van der Waals surface area contributed by atoms with Crippen LogP contribution < -0.4 is 5.73 Å². The molecule has 114 valence electrons. The van der Waals surface area contributed by atoms with E-state index in [4.69, 9.17) is 34.1 Å². The number of carbonyl (C=O) groups excluding carboxylic acids is 1. The minimum absolute atomic E-state index is 0.133. The van der Waals surface area contributed by atoms with Crippen LogP contribution in [0.3, 0.4) is 0 Å². The van der Waals surface area contributed by atoms with Crippen molar-refractivity contribution >= 4 is 34.9 Å². The summed E-state index contributed by atoms with van der Waals surface area (Å²) in [6.45, 7) is 2.80. The number of benzene rings is 1. The van der Waals surface area contributed by atoms with Gasteiger partial charge in [-0.15, -0.1) is 0 Å². The maximum Gasteiger partial charge on any atom is 0.255 e. The Balaban J connectivity index is 1.99. The number of rotatable bonds is 3. The van der Waals surface area contributed by atoms with Crippen LogP contribution in [0.1, 0.15) is 10.4 Å². The molecule has 8 heteroatoms. The standard InChI is InChI=1S/C13H16Cl2N4O2/c14-10-3-1-2-9(12(10)15)13(20)19-6-4-18(5-7-19)8-11(16)17-21/h1-3,21H,4-8H2,(H2,16,17). The molecule has 1 heterocycles. The molecule has 0 atom stereocenters. The van der Waals surface area contributed by atoms with Gasteiger partial charge in [-0.1, -0.05) is 34.4 Å². The number of halogens is 2. The number of hydrogen-bond acceptors (Lipinski definition) is 4. The topological polar surface area (TPSA) is 82.2 Å². The van der Waals surface area contributed by atoms with E-state index in [1.807, 2.05) is 4.90 Å². The Hall–Kier alpha value is -1.50. The first-order valence-electron chi connectivity index (χ1n) is 6.45. The van der Waals surface area contributed by atoms with Crippen LogP contribution in [-0.4, -0.2) is 59.5 Å². The fraction of sp³-hybridized carbons (Fsp3) is 0.385. The average Bonchev–Trinajstić information content (AvgIpc) is 2.50. The highest BCUT2D eigenvalue weighted by molar-refractivity contribution is 6.43. The number of piperazine rings is 1. The van der Waals surface area contributed by atoms with Crippen LogP contribution in [0.15, 0.2) is 23.4 Å². The molecule has 1 aromatic rings. The summed E-state index contributed by atoms with van der Waals surface area (Å²) in [6.07, 6.45) is 0. The Kier molecular flexibility index (Phi) is 5.27. The molecule has 6 nitrogen and oxygen atoms in total. The third kappa shape index (κ3) is 3.78. The average molecular weight is 331 g/mol. The van der Waals surface area contributed by atoms with Crippen molar-refractivity contribution in [3.63, 3.8) is 0 Å². The van der Waals surface area contributed by atoms with Gasteiger partial charge in [0.2, 0.25) is 0 Å². The summed E-state index contributed by atoms with van der Waals surface area (Å²) < 4.78 is 0. The number of hydrogen-bond donors (Lipinski definition) is 2. The van der Waals surface area contributed by atoms with Gasteiger partial charge in [-0.05, 0) is 12.1 Å². The zero-order valence-corrected chi connectivity index (χ0v) is 12.8. The lowest BCUT2D eigenvalue weighted by Gasteiger charge is -2.34. The molecule has 1 fully saturated rings. The van der Waals surface area contributed by atoms with E-state index in [0.29, 0.717) is 43.3 Å². The first kappa shape index (κ1) is 15.9. The molecule has 0 unspecified atom stereocenters. The molecule has 2 rings (SSSR count). The van der Waals surface area contributed by atoms with Crippen molar-refractivity contribution in [2.45, 2.75) is 0 Å². The third-order valence-corrected chi connectivity index (χ3v) is 4.17. The number of nitrogens with zero attached hydrogens (tertiary/aromatic N) is 3. The number of nitrogens with two attached hydrogens (primary N) is 1. The summed E-state index contributed by atoms with van der Waals surface area (Å²) in [4.78, 5) is 16.2. The Morgan fingerprint density at radius 2 is 1.95 bits per heavy atom. The summed E-state index contributed by atoms with van der Waals surface area (Å²) in [6, 6.07) is 5.02. The van der Waals surface area contributed by atoms with Crippen LogP contribution in [0.25, 0.3) is 0 Å². The van der Waals surface area contributed by atoms with Crippen LogP contribution in [0.4, 0.5) is 0 Å². The summed E-state index contributed by atoms with van der Waals surface area (Å²) in [5, 5.41) is 12.2. The van der Waals surface area contributed by atoms with Gasteiger partial charge >= 0.3 is 0 Å². The molecular formula is C13H16Cl2N4O2. The van der Waals surface area contributed by atoms with E-state index in [1.54, 1.807) is 23.1 Å². The molecule has 0 aliphatic carbocycles. The second-order valence-electron chi connectivity index (χ2n) is 4.76. The van der Waals surface area contributed by atoms with Crippen LogP contribution in [-0.2, 0) is 0 Å². The molecule has 1 aromatic carbocycles. The van der Waals surface area contributed by atoms with E-state index in [9.17, 15) is 4.79 Å². The summed E-state index contributed by atoms with van der Waals surface area (Å²) >= 11 is 12.0. The maximum atomic E-state index is 12.4. The molecule has 0 spiro atoms. The van der Waals surface area contributed by atoms with Gasteiger partial charge in [-0.3, -0.25) is 9.69 Å². The quantitative estimate of drug-likeness (QED) is 0.381. The van der Waals surface area contributed by atoms with Crippen molar-refractivity contribution in [2.75, 3.05) is 32.7 Å². The first-order chi connectivity index (χ1) is 10.0. The zero-order valence-electron chi connectivity index (χ0n) is 11.3. The van der Waals surface area contributed by atoms with Crippen LogP contribution >= 0.6 is 23.2 Å². The minimum atomic E-state index is -0.133. The number of oxime groups is 1. The molecule has 0 radical (unpaired) electrons. The van der Waals surface area contributed by atoms with Crippen molar-refractivity contribution < 1.29 is 10.0 Å². The molecule has 0 bridgehead atoms. The van der Waals surface area contributed by atoms with Gasteiger partial charge in [0.15, 0.2) is 5.84 Å². The van der Waals surface area contributed by atoms with Gasteiger partial charge in [0, 0.05) is 26.2 Å². The van der Waals surface area contributed by atoms with Crippen molar-refractivity contribution in [3.05, 3.63) is 33.8 Å². The Morgan fingerprint density at radius 1 is 1.29 bits per heavy atom. The number of amides is 1. The van der Waals surface area contributed by atoms with E-state index in [0.717, 1.165) is 0 Å². The lowest BCUT2D eigenvalue weighted by Crippen LogP contribution is -2.50. The predicted octanol–water partition coefficient (Wildman–Crippen LogP) is 1.50. The number of amidine groups is 1. The maximum absolute atomic E-state index is 12.4. The van der Waals surface area contributed by atoms with E-state index in [-0.39, 0.29) is 16.8 Å². The summed E-state index contributed by atoms with van der Waals surface area (Å²) in [5.41, 5.74) is 5.88. The third-order valence-electron chi connectivity index (χ3n) is 3.36. The SMILES string of the molecule is NC(CN1CCN(C(=O)c2cccc(Cl)c2Cl)CC1)=NO. The highest BCUT2D eigenvalue weighted by atomic mass is 35.5. The molecule has 0 saturated carbocycles.